The molecule has 1 saturated heterocycles. The van der Waals surface area contributed by atoms with Gasteiger partial charge in [-0.2, -0.15) is 0 Å². The van der Waals surface area contributed by atoms with Gasteiger partial charge in [-0.25, -0.2) is 17.4 Å². The number of pyridine rings is 1. The predicted octanol–water partition coefficient (Wildman–Crippen LogP) is 4.26. The number of nitrogens with zero attached hydrogens (tertiary/aromatic N) is 4. The van der Waals surface area contributed by atoms with Crippen LogP contribution in [0.4, 0.5) is 5.13 Å². The van der Waals surface area contributed by atoms with Gasteiger partial charge < -0.3 is 10.2 Å². The topological polar surface area (TPSA) is 114 Å². The quantitative estimate of drug-likeness (QED) is 0.384. The molecule has 1 aromatic carbocycles. The number of hydrogen-bond donors (Lipinski definition) is 1. The lowest BCUT2D eigenvalue weighted by Crippen LogP contribution is -2.56. The van der Waals surface area contributed by atoms with Gasteiger partial charge in [0.15, 0.2) is 5.13 Å². The molecule has 196 valence electrons. The number of rotatable bonds is 6. The number of amides is 2. The summed E-state index contributed by atoms with van der Waals surface area (Å²) in [7, 11) is -3.52. The van der Waals surface area contributed by atoms with E-state index in [-0.39, 0.29) is 17.4 Å². The van der Waals surface area contributed by atoms with Gasteiger partial charge in [-0.1, -0.05) is 18.2 Å². The van der Waals surface area contributed by atoms with Crippen molar-refractivity contribution in [3.05, 3.63) is 76.7 Å². The summed E-state index contributed by atoms with van der Waals surface area (Å²) in [6.07, 6.45) is 2.90. The number of thiazole rings is 1. The number of aryl methyl sites for hydroxylation is 3. The van der Waals surface area contributed by atoms with E-state index in [0.29, 0.717) is 23.8 Å². The molecule has 0 aliphatic carbocycles. The van der Waals surface area contributed by atoms with E-state index in [0.717, 1.165) is 44.0 Å². The third-order valence-corrected chi connectivity index (χ3v) is 8.33. The van der Waals surface area contributed by atoms with Crippen LogP contribution in [0.3, 0.4) is 0 Å². The van der Waals surface area contributed by atoms with Crippen LogP contribution in [0.5, 0.6) is 0 Å². The summed E-state index contributed by atoms with van der Waals surface area (Å²) in [5, 5.41) is 5.17. The zero-order chi connectivity index (χ0) is 27.2. The van der Waals surface area contributed by atoms with Crippen LogP contribution >= 0.6 is 11.3 Å². The molecular weight excluding hydrogens is 522 g/mol. The first kappa shape index (κ1) is 25.8. The fraction of sp³-hybridized carbons (Fsp3) is 0.259. The molecule has 2 amide bonds. The van der Waals surface area contributed by atoms with Crippen molar-refractivity contribution in [2.45, 2.75) is 33.2 Å². The average Bonchev–Trinajstić information content (AvgIpc) is 3.44. The fourth-order valence-corrected chi connectivity index (χ4v) is 6.21. The van der Waals surface area contributed by atoms with Crippen molar-refractivity contribution >= 4 is 38.3 Å². The van der Waals surface area contributed by atoms with Gasteiger partial charge in [0.2, 0.25) is 15.9 Å². The van der Waals surface area contributed by atoms with E-state index >= 15 is 0 Å². The van der Waals surface area contributed by atoms with Crippen LogP contribution in [0.15, 0.2) is 54.0 Å². The van der Waals surface area contributed by atoms with Gasteiger partial charge in [0.25, 0.3) is 5.91 Å². The van der Waals surface area contributed by atoms with E-state index in [2.05, 4.69) is 21.4 Å². The number of hydrogen-bond acceptors (Lipinski definition) is 7. The molecule has 1 atom stereocenters. The highest BCUT2D eigenvalue weighted by Gasteiger charge is 2.38. The lowest BCUT2D eigenvalue weighted by molar-refractivity contribution is -0.123. The molecule has 0 bridgehead atoms. The maximum absolute atomic E-state index is 13.0. The van der Waals surface area contributed by atoms with E-state index in [4.69, 9.17) is 0 Å². The molecule has 0 saturated carbocycles. The standard InChI is InChI=1S/C27H27N5O4S2/c1-16-10-21(11-17(2)28-16)19-6-5-7-20(13-19)23-15-37-27(29-23)30-25(33)24-8-9-31(24)26(34)22-12-18(3)32(14-22)38(4,35)36/h5-7,10-15,24H,8-9H2,1-4H3,(H,29,30,33)/t24-/m0/s1. The Morgan fingerprint density at radius 3 is 2.34 bits per heavy atom. The van der Waals surface area contributed by atoms with Crippen LogP contribution in [0, 0.1) is 20.8 Å². The van der Waals surface area contributed by atoms with E-state index in [9.17, 15) is 18.0 Å². The Bertz CT molecular complexity index is 1650. The first-order chi connectivity index (χ1) is 18.0. The van der Waals surface area contributed by atoms with Crippen molar-refractivity contribution in [1.29, 1.82) is 0 Å². The Kier molecular flexibility index (Phi) is 6.66. The second-order valence-electron chi connectivity index (χ2n) is 9.48. The zero-order valence-electron chi connectivity index (χ0n) is 21.4. The van der Waals surface area contributed by atoms with Gasteiger partial charge in [0.1, 0.15) is 6.04 Å². The monoisotopic (exact) mass is 549 g/mol. The molecule has 1 fully saturated rings. The second kappa shape index (κ2) is 9.80. The number of nitrogens with one attached hydrogen (secondary N) is 1. The molecule has 0 unspecified atom stereocenters. The Balaban J connectivity index is 1.28. The van der Waals surface area contributed by atoms with Crippen LogP contribution in [0.25, 0.3) is 22.4 Å². The fourth-order valence-electron chi connectivity index (χ4n) is 4.61. The molecule has 0 spiro atoms. The molecule has 1 aliphatic rings. The Hall–Kier alpha value is -3.83. The van der Waals surface area contributed by atoms with Crippen LogP contribution in [0.1, 0.15) is 33.9 Å². The predicted molar refractivity (Wildman–Crippen MR) is 148 cm³/mol. The van der Waals surface area contributed by atoms with Crippen LogP contribution in [-0.2, 0) is 14.8 Å². The van der Waals surface area contributed by atoms with Gasteiger partial charge in [0, 0.05) is 40.8 Å². The summed E-state index contributed by atoms with van der Waals surface area (Å²) < 4.78 is 24.9. The van der Waals surface area contributed by atoms with Crippen molar-refractivity contribution in [3.8, 4) is 22.4 Å². The van der Waals surface area contributed by atoms with Gasteiger partial charge in [-0.15, -0.1) is 11.3 Å². The zero-order valence-corrected chi connectivity index (χ0v) is 23.1. The Labute approximate surface area is 225 Å². The molecule has 1 N–H and O–H groups in total. The normalized spacial score (nSPS) is 15.3. The molecule has 3 aromatic heterocycles. The maximum atomic E-state index is 13.0. The number of likely N-dealkylation sites (tertiary alicyclic amines) is 1. The van der Waals surface area contributed by atoms with E-state index in [1.54, 1.807) is 6.92 Å². The smallest absolute Gasteiger partial charge is 0.256 e. The molecule has 9 nitrogen and oxygen atoms in total. The van der Waals surface area contributed by atoms with Crippen molar-refractivity contribution in [2.24, 2.45) is 0 Å². The van der Waals surface area contributed by atoms with Crippen molar-refractivity contribution in [1.82, 2.24) is 18.8 Å². The minimum Gasteiger partial charge on any atom is -0.326 e. The van der Waals surface area contributed by atoms with Crippen molar-refractivity contribution in [2.75, 3.05) is 18.1 Å². The molecule has 1 aliphatic heterocycles. The van der Waals surface area contributed by atoms with E-state index in [1.807, 2.05) is 49.6 Å². The van der Waals surface area contributed by atoms with Crippen molar-refractivity contribution in [3.63, 3.8) is 0 Å². The minimum absolute atomic E-state index is 0.237. The molecular formula is C27H27N5O4S2. The van der Waals surface area contributed by atoms with Crippen LogP contribution < -0.4 is 5.32 Å². The highest BCUT2D eigenvalue weighted by Crippen LogP contribution is 2.30. The Morgan fingerprint density at radius 2 is 1.71 bits per heavy atom. The summed E-state index contributed by atoms with van der Waals surface area (Å²) in [5.74, 6) is -0.693. The first-order valence-electron chi connectivity index (χ1n) is 12.0. The molecule has 0 radical (unpaired) electrons. The summed E-state index contributed by atoms with van der Waals surface area (Å²) >= 11 is 1.32. The number of benzene rings is 1. The minimum atomic E-state index is -3.52. The molecule has 11 heteroatoms. The average molecular weight is 550 g/mol. The Morgan fingerprint density at radius 1 is 1.00 bits per heavy atom. The second-order valence-corrected chi connectivity index (χ2v) is 12.2. The maximum Gasteiger partial charge on any atom is 0.256 e. The third-order valence-electron chi connectivity index (χ3n) is 6.46. The van der Waals surface area contributed by atoms with Gasteiger partial charge in [-0.3, -0.25) is 14.6 Å². The van der Waals surface area contributed by atoms with Gasteiger partial charge >= 0.3 is 0 Å². The molecule has 4 aromatic rings. The number of carbonyl (C=O) groups is 2. The van der Waals surface area contributed by atoms with Gasteiger partial charge in [-0.05, 0) is 62.6 Å². The SMILES string of the molecule is Cc1cc(-c2cccc(-c3csc(NC(=O)[C@@H]4CCN4C(=O)c4cc(C)n(S(C)(=O)=O)c4)n3)c2)cc(C)n1. The summed E-state index contributed by atoms with van der Waals surface area (Å²) in [6, 6.07) is 13.0. The lowest BCUT2D eigenvalue weighted by atomic mass is 10.0. The van der Waals surface area contributed by atoms with Crippen molar-refractivity contribution < 1.29 is 18.0 Å². The highest BCUT2D eigenvalue weighted by molar-refractivity contribution is 7.89. The summed E-state index contributed by atoms with van der Waals surface area (Å²) in [6.45, 7) is 5.98. The van der Waals surface area contributed by atoms with E-state index in [1.165, 1.54) is 28.5 Å². The molecule has 38 heavy (non-hydrogen) atoms. The molecule has 4 heterocycles. The summed E-state index contributed by atoms with van der Waals surface area (Å²) in [4.78, 5) is 36.5. The first-order valence-corrected chi connectivity index (χ1v) is 14.8. The molecule has 5 rings (SSSR count). The van der Waals surface area contributed by atoms with Gasteiger partial charge in [0.05, 0.1) is 17.5 Å². The largest absolute Gasteiger partial charge is 0.326 e. The van der Waals surface area contributed by atoms with Crippen LogP contribution in [0.2, 0.25) is 0 Å². The number of aromatic nitrogens is 3. The summed E-state index contributed by atoms with van der Waals surface area (Å²) in [5.41, 5.74) is 6.39. The number of anilines is 1. The third kappa shape index (κ3) is 5.11. The lowest BCUT2D eigenvalue weighted by Gasteiger charge is -2.39. The number of carbonyl (C=O) groups excluding carboxylic acids is 2. The van der Waals surface area contributed by atoms with Crippen LogP contribution in [-0.4, -0.2) is 57.9 Å². The highest BCUT2D eigenvalue weighted by atomic mass is 32.2. The van der Waals surface area contributed by atoms with E-state index < -0.39 is 16.1 Å².